The Labute approximate surface area is 342 Å². The van der Waals surface area contributed by atoms with Crippen molar-refractivity contribution in [2.75, 3.05) is 13.2 Å². The SMILES string of the molecule is CC1OC(OC2C(OC3CC4C(O)CC(OC5OC(COC(=O)CC(=O)O)C(O)C(O)C5O)CC4OC3C3CC(O)C(O)C(O)C3)OC(CO)C(O)C2O)C(O)C(O)C1O. The van der Waals surface area contributed by atoms with Gasteiger partial charge in [0, 0.05) is 18.8 Å². The molecule has 0 bridgehead atoms. The first kappa shape index (κ1) is 47.6. The van der Waals surface area contributed by atoms with Gasteiger partial charge in [0.25, 0.3) is 0 Å². The van der Waals surface area contributed by atoms with Gasteiger partial charge in [-0.2, -0.15) is 0 Å². The molecule has 4 aliphatic heterocycles. The van der Waals surface area contributed by atoms with E-state index in [-0.39, 0.29) is 32.1 Å². The van der Waals surface area contributed by atoms with Crippen LogP contribution in [0.5, 0.6) is 0 Å². The van der Waals surface area contributed by atoms with E-state index in [0.717, 1.165) is 0 Å². The molecular formula is C36H58O24. The van der Waals surface area contributed by atoms with E-state index < -0.39 is 184 Å². The van der Waals surface area contributed by atoms with E-state index in [9.17, 15) is 76.0 Å². The predicted octanol–water partition coefficient (Wildman–Crippen LogP) is -7.34. The number of carboxylic acids is 1. The fourth-order valence-corrected chi connectivity index (χ4v) is 9.03. The first-order chi connectivity index (χ1) is 28.3. The van der Waals surface area contributed by atoms with Gasteiger partial charge in [-0.15, -0.1) is 0 Å². The Kier molecular flexibility index (Phi) is 15.8. The number of carboxylic acid groups (broad SMARTS) is 1. The number of hydrogen-bond donors (Lipinski definition) is 14. The Hall–Kier alpha value is -1.86. The average molecular weight is 875 g/mol. The van der Waals surface area contributed by atoms with Gasteiger partial charge in [0.1, 0.15) is 86.3 Å². The minimum Gasteiger partial charge on any atom is -0.481 e. The molecule has 346 valence electrons. The molecule has 24 heteroatoms. The van der Waals surface area contributed by atoms with Crippen molar-refractivity contribution in [1.29, 1.82) is 0 Å². The summed E-state index contributed by atoms with van der Waals surface area (Å²) in [6.45, 7) is -0.0982. The molecule has 6 aliphatic rings. The molecule has 0 amide bonds. The van der Waals surface area contributed by atoms with Crippen LogP contribution in [0.25, 0.3) is 0 Å². The zero-order valence-electron chi connectivity index (χ0n) is 32.4. The van der Waals surface area contributed by atoms with Crippen LogP contribution in [0.2, 0.25) is 0 Å². The maximum absolute atomic E-state index is 11.8. The van der Waals surface area contributed by atoms with Gasteiger partial charge in [-0.1, -0.05) is 0 Å². The third kappa shape index (κ3) is 10.2. The third-order valence-corrected chi connectivity index (χ3v) is 12.4. The number of aliphatic hydroxyl groups excluding tert-OH is 13. The van der Waals surface area contributed by atoms with E-state index >= 15 is 0 Å². The number of aliphatic hydroxyl groups is 13. The van der Waals surface area contributed by atoms with Crippen molar-refractivity contribution in [1.82, 2.24) is 0 Å². The maximum Gasteiger partial charge on any atom is 0.317 e. The number of fused-ring (bicyclic) bond motifs is 1. The molecule has 2 aliphatic carbocycles. The molecule has 0 spiro atoms. The molecule has 60 heavy (non-hydrogen) atoms. The first-order valence-corrected chi connectivity index (χ1v) is 20.0. The monoisotopic (exact) mass is 874 g/mol. The third-order valence-electron chi connectivity index (χ3n) is 12.4. The maximum atomic E-state index is 11.8. The second-order valence-electron chi connectivity index (χ2n) is 16.6. The lowest BCUT2D eigenvalue weighted by Gasteiger charge is -2.52. The van der Waals surface area contributed by atoms with Crippen LogP contribution >= 0.6 is 0 Å². The van der Waals surface area contributed by atoms with E-state index in [1.807, 2.05) is 0 Å². The summed E-state index contributed by atoms with van der Waals surface area (Å²) < 4.78 is 46.7. The number of rotatable bonds is 12. The summed E-state index contributed by atoms with van der Waals surface area (Å²) in [5.74, 6) is -4.08. The molecule has 2 saturated carbocycles. The number of aliphatic carboxylic acids is 1. The molecule has 14 N–H and O–H groups in total. The molecule has 23 atom stereocenters. The van der Waals surface area contributed by atoms with Crippen molar-refractivity contribution in [3.05, 3.63) is 0 Å². The summed E-state index contributed by atoms with van der Waals surface area (Å²) in [6, 6.07) is 0. The van der Waals surface area contributed by atoms with Crippen molar-refractivity contribution < 1.29 is 119 Å². The molecule has 23 unspecified atom stereocenters. The largest absolute Gasteiger partial charge is 0.481 e. The fraction of sp³-hybridized carbons (Fsp3) is 0.944. The van der Waals surface area contributed by atoms with E-state index in [2.05, 4.69) is 0 Å². The van der Waals surface area contributed by atoms with Crippen LogP contribution in [0.4, 0.5) is 0 Å². The van der Waals surface area contributed by atoms with Crippen LogP contribution in [0, 0.1) is 11.8 Å². The minimum absolute atomic E-state index is 0.0152. The van der Waals surface area contributed by atoms with Crippen molar-refractivity contribution in [3.63, 3.8) is 0 Å². The average Bonchev–Trinajstić information content (AvgIpc) is 3.19. The zero-order valence-corrected chi connectivity index (χ0v) is 32.4. The summed E-state index contributed by atoms with van der Waals surface area (Å²) in [4.78, 5) is 22.6. The van der Waals surface area contributed by atoms with E-state index in [1.165, 1.54) is 6.92 Å². The highest BCUT2D eigenvalue weighted by molar-refractivity contribution is 5.90. The fourth-order valence-electron chi connectivity index (χ4n) is 9.03. The second-order valence-corrected chi connectivity index (χ2v) is 16.6. The molecule has 0 aromatic heterocycles. The van der Waals surface area contributed by atoms with Crippen molar-refractivity contribution in [3.8, 4) is 0 Å². The van der Waals surface area contributed by atoms with Crippen molar-refractivity contribution in [2.24, 2.45) is 11.8 Å². The van der Waals surface area contributed by atoms with Gasteiger partial charge < -0.3 is 109 Å². The van der Waals surface area contributed by atoms with E-state index in [0.29, 0.717) is 0 Å². The molecule has 0 radical (unpaired) electrons. The molecule has 0 aromatic rings. The smallest absolute Gasteiger partial charge is 0.317 e. The topological polar surface area (TPSA) is 391 Å². The lowest BCUT2D eigenvalue weighted by atomic mass is 9.72. The standard InChI is InChI=1S/C36H58O24/c1-10-23(44)27(48)30(51)34(54-10)60-33-29(50)25(46)19(8-37)58-36(33)57-18-6-13-14(38)4-12(5-17(13)56-32(18)11-2-15(39)24(45)16(40)3-11)55-35-31(52)28(49)26(47)20(59-35)9-53-22(43)7-21(41)42/h10-20,23-40,44-52H,2-9H2,1H3,(H,41,42). The van der Waals surface area contributed by atoms with Gasteiger partial charge in [0.05, 0.1) is 55.4 Å². The zero-order chi connectivity index (χ0) is 43.9. The van der Waals surface area contributed by atoms with Gasteiger partial charge in [0.15, 0.2) is 18.9 Å². The van der Waals surface area contributed by atoms with Crippen LogP contribution in [0.1, 0.15) is 45.4 Å². The Bertz CT molecular complexity index is 1420. The Morgan fingerprint density at radius 3 is 1.82 bits per heavy atom. The molecule has 6 fully saturated rings. The van der Waals surface area contributed by atoms with Crippen LogP contribution in [-0.2, 0) is 47.5 Å². The summed E-state index contributed by atoms with van der Waals surface area (Å²) >= 11 is 0. The molecule has 24 nitrogen and oxygen atoms in total. The highest BCUT2D eigenvalue weighted by Crippen LogP contribution is 2.45. The summed E-state index contributed by atoms with van der Waals surface area (Å²) in [5.41, 5.74) is 0. The normalized spacial score (nSPS) is 51.3. The van der Waals surface area contributed by atoms with Crippen molar-refractivity contribution in [2.45, 2.75) is 186 Å². The second kappa shape index (κ2) is 19.9. The van der Waals surface area contributed by atoms with Gasteiger partial charge in [-0.05, 0) is 32.1 Å². The summed E-state index contributed by atoms with van der Waals surface area (Å²) in [6.07, 6.45) is -35.5. The van der Waals surface area contributed by atoms with Crippen LogP contribution < -0.4 is 0 Å². The van der Waals surface area contributed by atoms with Gasteiger partial charge in [-0.25, -0.2) is 0 Å². The van der Waals surface area contributed by atoms with Crippen LogP contribution in [-0.4, -0.2) is 238 Å². The number of carbonyl (C=O) groups excluding carboxylic acids is 1. The summed E-state index contributed by atoms with van der Waals surface area (Å²) in [5, 5.41) is 147. The highest BCUT2D eigenvalue weighted by Gasteiger charge is 2.56. The molecule has 0 aromatic carbocycles. The molecule has 6 rings (SSSR count). The minimum atomic E-state index is -1.85. The van der Waals surface area contributed by atoms with E-state index in [4.69, 9.17) is 43.0 Å². The Balaban J connectivity index is 1.20. The van der Waals surface area contributed by atoms with Crippen LogP contribution in [0.15, 0.2) is 0 Å². The van der Waals surface area contributed by atoms with Gasteiger partial charge in [-0.3, -0.25) is 9.59 Å². The first-order valence-electron chi connectivity index (χ1n) is 20.0. The van der Waals surface area contributed by atoms with Gasteiger partial charge >= 0.3 is 11.9 Å². The number of esters is 1. The Morgan fingerprint density at radius 2 is 1.18 bits per heavy atom. The Morgan fingerprint density at radius 1 is 0.583 bits per heavy atom. The van der Waals surface area contributed by atoms with E-state index in [1.54, 1.807) is 0 Å². The lowest BCUT2D eigenvalue weighted by molar-refractivity contribution is -0.377. The predicted molar refractivity (Wildman–Crippen MR) is 187 cm³/mol. The number of ether oxygens (including phenoxy) is 8. The quantitative estimate of drug-likeness (QED) is 0.0640. The number of hydrogen-bond acceptors (Lipinski definition) is 23. The molecular weight excluding hydrogens is 816 g/mol. The van der Waals surface area contributed by atoms with Gasteiger partial charge in [0.2, 0.25) is 0 Å². The molecule has 4 saturated heterocycles. The molecule has 4 heterocycles. The highest BCUT2D eigenvalue weighted by atomic mass is 16.8. The van der Waals surface area contributed by atoms with Crippen molar-refractivity contribution >= 4 is 11.9 Å². The lowest BCUT2D eigenvalue weighted by Crippen LogP contribution is -2.65. The number of carbonyl (C=O) groups is 2. The van der Waals surface area contributed by atoms with Crippen LogP contribution in [0.3, 0.4) is 0 Å². The summed E-state index contributed by atoms with van der Waals surface area (Å²) in [7, 11) is 0.